The van der Waals surface area contributed by atoms with E-state index in [1.165, 1.54) is 0 Å². The largest absolute Gasteiger partial charge is 0.444 e. The second-order valence-electron chi connectivity index (χ2n) is 3.01. The maximum Gasteiger partial charge on any atom is 0.228 e. The van der Waals surface area contributed by atoms with Crippen molar-refractivity contribution in [3.63, 3.8) is 0 Å². The van der Waals surface area contributed by atoms with Crippen LogP contribution in [0.5, 0.6) is 0 Å². The summed E-state index contributed by atoms with van der Waals surface area (Å²) in [5, 5.41) is 1.08. The average molecular weight is 183 g/mol. The highest BCUT2D eigenvalue weighted by molar-refractivity contribution is 5.92. The Kier molecular flexibility index (Phi) is 1.44. The molecule has 0 bridgehead atoms. The third kappa shape index (κ3) is 0.956. The minimum Gasteiger partial charge on any atom is -0.444 e. The van der Waals surface area contributed by atoms with E-state index < -0.39 is 0 Å². The van der Waals surface area contributed by atoms with Crippen molar-refractivity contribution < 1.29 is 4.42 Å². The van der Waals surface area contributed by atoms with Gasteiger partial charge in [-0.05, 0) is 6.07 Å². The highest BCUT2D eigenvalue weighted by Crippen LogP contribution is 2.26. The van der Waals surface area contributed by atoms with Crippen LogP contribution in [0.1, 0.15) is 0 Å². The van der Waals surface area contributed by atoms with Gasteiger partial charge in [0.2, 0.25) is 5.89 Å². The van der Waals surface area contributed by atoms with Crippen LogP contribution in [0.3, 0.4) is 0 Å². The van der Waals surface area contributed by atoms with E-state index in [4.69, 9.17) is 4.42 Å². The lowest BCUT2D eigenvalue weighted by molar-refractivity contribution is 0.575. The molecule has 0 aliphatic rings. The van der Waals surface area contributed by atoms with E-state index in [1.54, 1.807) is 12.5 Å². The number of rotatable bonds is 1. The summed E-state index contributed by atoms with van der Waals surface area (Å²) >= 11 is 0. The summed E-state index contributed by atoms with van der Waals surface area (Å²) in [6.07, 6.45) is 6.23. The summed E-state index contributed by atoms with van der Waals surface area (Å²) in [6, 6.07) is 7.97. The van der Waals surface area contributed by atoms with Crippen LogP contribution in [0.4, 0.5) is 0 Å². The summed E-state index contributed by atoms with van der Waals surface area (Å²) in [6.45, 7) is 0. The van der Waals surface area contributed by atoms with E-state index in [1.807, 2.05) is 24.3 Å². The number of benzene rings is 1. The van der Waals surface area contributed by atoms with Gasteiger partial charge in [-0.15, -0.1) is 0 Å². The molecular formula is C11H7N2O. The molecule has 0 amide bonds. The highest BCUT2D eigenvalue weighted by Gasteiger charge is 2.08. The van der Waals surface area contributed by atoms with Crippen molar-refractivity contribution in [1.29, 1.82) is 0 Å². The van der Waals surface area contributed by atoms with E-state index in [9.17, 15) is 0 Å². The number of nitrogens with one attached hydrogen (secondary N) is 1. The van der Waals surface area contributed by atoms with Crippen LogP contribution < -0.4 is 0 Å². The van der Waals surface area contributed by atoms with E-state index in [0.717, 1.165) is 16.5 Å². The van der Waals surface area contributed by atoms with Crippen molar-refractivity contribution in [3.05, 3.63) is 42.9 Å². The summed E-state index contributed by atoms with van der Waals surface area (Å²) < 4.78 is 5.22. The fourth-order valence-corrected chi connectivity index (χ4v) is 1.52. The van der Waals surface area contributed by atoms with E-state index in [2.05, 4.69) is 16.2 Å². The van der Waals surface area contributed by atoms with Crippen LogP contribution in [-0.2, 0) is 0 Å². The molecule has 67 valence electrons. The minimum absolute atomic E-state index is 0.599. The van der Waals surface area contributed by atoms with Gasteiger partial charge in [-0.2, -0.15) is 0 Å². The zero-order chi connectivity index (χ0) is 9.38. The Morgan fingerprint density at radius 3 is 3.07 bits per heavy atom. The number of aromatic amines is 1. The van der Waals surface area contributed by atoms with Crippen LogP contribution >= 0.6 is 0 Å². The minimum atomic E-state index is 0.599. The molecule has 3 heteroatoms. The molecule has 3 nitrogen and oxygen atoms in total. The number of fused-ring (bicyclic) bond motifs is 1. The van der Waals surface area contributed by atoms with Gasteiger partial charge in [0.25, 0.3) is 0 Å². The zero-order valence-electron chi connectivity index (χ0n) is 7.32. The molecule has 0 saturated heterocycles. The van der Waals surface area contributed by atoms with Gasteiger partial charge in [0, 0.05) is 10.9 Å². The summed E-state index contributed by atoms with van der Waals surface area (Å²) in [5.74, 6) is 0.599. The second kappa shape index (κ2) is 2.73. The van der Waals surface area contributed by atoms with Gasteiger partial charge in [0.15, 0.2) is 0 Å². The molecule has 0 unspecified atom stereocenters. The number of aromatic nitrogens is 2. The number of para-hydroxylation sites is 1. The van der Waals surface area contributed by atoms with Gasteiger partial charge in [-0.25, -0.2) is 4.98 Å². The van der Waals surface area contributed by atoms with Crippen molar-refractivity contribution in [3.8, 4) is 11.5 Å². The molecule has 3 aromatic rings. The zero-order valence-corrected chi connectivity index (χ0v) is 7.32. The van der Waals surface area contributed by atoms with E-state index in [-0.39, 0.29) is 0 Å². The first-order valence-electron chi connectivity index (χ1n) is 4.33. The highest BCUT2D eigenvalue weighted by atomic mass is 16.3. The second-order valence-corrected chi connectivity index (χ2v) is 3.01. The van der Waals surface area contributed by atoms with E-state index >= 15 is 0 Å². The first-order chi connectivity index (χ1) is 6.95. The number of hydrogen-bond acceptors (Lipinski definition) is 2. The van der Waals surface area contributed by atoms with Gasteiger partial charge in [0.05, 0.1) is 18.0 Å². The van der Waals surface area contributed by atoms with Crippen LogP contribution in [-0.4, -0.2) is 9.97 Å². The van der Waals surface area contributed by atoms with Gasteiger partial charge < -0.3 is 9.40 Å². The van der Waals surface area contributed by atoms with E-state index in [0.29, 0.717) is 5.89 Å². The molecular weight excluding hydrogens is 176 g/mol. The SMILES string of the molecule is [c]1[nH]c2ccccc2c1-c1ncco1. The van der Waals surface area contributed by atoms with Gasteiger partial charge >= 0.3 is 0 Å². The first-order valence-corrected chi connectivity index (χ1v) is 4.33. The van der Waals surface area contributed by atoms with Gasteiger partial charge in [-0.1, -0.05) is 18.2 Å². The van der Waals surface area contributed by atoms with Gasteiger partial charge in [0.1, 0.15) is 6.26 Å². The Bertz CT molecular complexity index is 551. The summed E-state index contributed by atoms with van der Waals surface area (Å²) in [4.78, 5) is 7.14. The maximum absolute atomic E-state index is 5.22. The third-order valence-corrected chi connectivity index (χ3v) is 2.16. The monoisotopic (exact) mass is 183 g/mol. The molecule has 0 fully saturated rings. The van der Waals surface area contributed by atoms with Crippen molar-refractivity contribution in [2.75, 3.05) is 0 Å². The quantitative estimate of drug-likeness (QED) is 0.630. The molecule has 0 saturated carbocycles. The first kappa shape index (κ1) is 7.38. The fraction of sp³-hybridized carbons (Fsp3) is 0. The fourth-order valence-electron chi connectivity index (χ4n) is 1.52. The predicted molar refractivity (Wildman–Crippen MR) is 52.6 cm³/mol. The number of oxazole rings is 1. The van der Waals surface area contributed by atoms with Crippen molar-refractivity contribution in [2.45, 2.75) is 0 Å². The molecule has 1 aromatic carbocycles. The molecule has 1 N–H and O–H groups in total. The van der Waals surface area contributed by atoms with Crippen molar-refractivity contribution in [2.24, 2.45) is 0 Å². The Balaban J connectivity index is 2.33. The number of hydrogen-bond donors (Lipinski definition) is 1. The number of H-pyrrole nitrogens is 1. The molecule has 1 radical (unpaired) electrons. The smallest absolute Gasteiger partial charge is 0.228 e. The summed E-state index contributed by atoms with van der Waals surface area (Å²) in [7, 11) is 0. The lowest BCUT2D eigenvalue weighted by Crippen LogP contribution is -1.73. The molecule has 0 aliphatic heterocycles. The Labute approximate surface area is 80.4 Å². The number of nitrogens with zero attached hydrogens (tertiary/aromatic N) is 1. The Morgan fingerprint density at radius 2 is 2.21 bits per heavy atom. The molecule has 0 spiro atoms. The van der Waals surface area contributed by atoms with Crippen LogP contribution in [0, 0.1) is 6.20 Å². The predicted octanol–water partition coefficient (Wildman–Crippen LogP) is 2.62. The standard InChI is InChI=1S/C11H7N2O/c1-2-4-10-8(3-1)9(7-13-10)11-12-5-6-14-11/h1-6,13H. The average Bonchev–Trinajstić information content (AvgIpc) is 2.85. The molecule has 2 heterocycles. The molecule has 14 heavy (non-hydrogen) atoms. The van der Waals surface area contributed by atoms with Crippen LogP contribution in [0.25, 0.3) is 22.4 Å². The molecule has 0 aliphatic carbocycles. The summed E-state index contributed by atoms with van der Waals surface area (Å²) in [5.41, 5.74) is 1.92. The Hall–Kier alpha value is -2.03. The molecule has 0 atom stereocenters. The van der Waals surface area contributed by atoms with Gasteiger partial charge in [-0.3, -0.25) is 0 Å². The third-order valence-electron chi connectivity index (χ3n) is 2.16. The maximum atomic E-state index is 5.22. The lowest BCUT2D eigenvalue weighted by atomic mass is 10.2. The topological polar surface area (TPSA) is 41.8 Å². The van der Waals surface area contributed by atoms with Crippen molar-refractivity contribution in [1.82, 2.24) is 9.97 Å². The Morgan fingerprint density at radius 1 is 1.29 bits per heavy atom. The van der Waals surface area contributed by atoms with Crippen LogP contribution in [0.2, 0.25) is 0 Å². The van der Waals surface area contributed by atoms with Crippen LogP contribution in [0.15, 0.2) is 41.1 Å². The lowest BCUT2D eigenvalue weighted by Gasteiger charge is -1.91. The molecule has 2 aromatic heterocycles. The molecule has 3 rings (SSSR count). The normalized spacial score (nSPS) is 10.9. The van der Waals surface area contributed by atoms with Crippen molar-refractivity contribution >= 4 is 10.9 Å².